The molecule has 0 heterocycles. The fourth-order valence-electron chi connectivity index (χ4n) is 2.23. The van der Waals surface area contributed by atoms with Gasteiger partial charge in [-0.15, -0.1) is 11.6 Å². The van der Waals surface area contributed by atoms with Crippen LogP contribution in [0.25, 0.3) is 0 Å². The molecule has 0 radical (unpaired) electrons. The summed E-state index contributed by atoms with van der Waals surface area (Å²) < 4.78 is 25.8. The van der Waals surface area contributed by atoms with Crippen LogP contribution in [0, 0.1) is 6.92 Å². The van der Waals surface area contributed by atoms with Gasteiger partial charge in [0.25, 0.3) is 0 Å². The molecule has 0 aliphatic heterocycles. The van der Waals surface area contributed by atoms with E-state index in [1.165, 1.54) is 0 Å². The molecule has 0 bridgehead atoms. The maximum absolute atomic E-state index is 12.9. The van der Waals surface area contributed by atoms with Crippen molar-refractivity contribution < 1.29 is 13.2 Å². The number of carbonyl (C=O) groups is 1. The van der Waals surface area contributed by atoms with Crippen LogP contribution in [-0.2, 0) is 14.6 Å². The van der Waals surface area contributed by atoms with Crippen LogP contribution in [0.3, 0.4) is 0 Å². The van der Waals surface area contributed by atoms with Gasteiger partial charge in [0.1, 0.15) is 5.78 Å². The van der Waals surface area contributed by atoms with Gasteiger partial charge in [-0.2, -0.15) is 0 Å². The summed E-state index contributed by atoms with van der Waals surface area (Å²) in [6, 6.07) is 15.4. The zero-order chi connectivity index (χ0) is 16.2. The van der Waals surface area contributed by atoms with Crippen LogP contribution in [0.4, 0.5) is 0 Å². The first-order valence-electron chi connectivity index (χ1n) is 6.88. The lowest BCUT2D eigenvalue weighted by Crippen LogP contribution is -2.18. The summed E-state index contributed by atoms with van der Waals surface area (Å²) in [5.41, 5.74) is 1.58. The molecule has 0 fully saturated rings. The van der Waals surface area contributed by atoms with Gasteiger partial charge in [0.05, 0.1) is 16.0 Å². The lowest BCUT2D eigenvalue weighted by atomic mass is 10.1. The molecule has 0 aliphatic carbocycles. The Hall–Kier alpha value is -1.65. The number of aryl methyl sites for hydroxylation is 1. The van der Waals surface area contributed by atoms with Crippen LogP contribution >= 0.6 is 11.6 Å². The van der Waals surface area contributed by atoms with Crippen molar-refractivity contribution >= 4 is 27.2 Å². The average molecular weight is 337 g/mol. The Kier molecular flexibility index (Phi) is 5.37. The molecule has 2 aromatic carbocycles. The van der Waals surface area contributed by atoms with E-state index in [9.17, 15) is 13.2 Å². The number of carbonyl (C=O) groups excluding carboxylic acids is 1. The lowest BCUT2D eigenvalue weighted by molar-refractivity contribution is -0.116. The molecule has 2 rings (SSSR count). The average Bonchev–Trinajstić information content (AvgIpc) is 2.53. The van der Waals surface area contributed by atoms with Crippen LogP contribution in [-0.4, -0.2) is 20.1 Å². The monoisotopic (exact) mass is 336 g/mol. The Labute approximate surface area is 135 Å². The fourth-order valence-corrected chi connectivity index (χ4v) is 4.10. The summed E-state index contributed by atoms with van der Waals surface area (Å²) in [6.07, 6.45) is -0.121. The first-order valence-corrected chi connectivity index (χ1v) is 8.96. The zero-order valence-electron chi connectivity index (χ0n) is 12.2. The van der Waals surface area contributed by atoms with E-state index >= 15 is 0 Å². The number of hydrogen-bond donors (Lipinski definition) is 0. The van der Waals surface area contributed by atoms with Crippen molar-refractivity contribution in [2.24, 2.45) is 0 Å². The van der Waals surface area contributed by atoms with E-state index in [1.807, 2.05) is 13.0 Å². The third kappa shape index (κ3) is 3.76. The van der Waals surface area contributed by atoms with Crippen molar-refractivity contribution in [2.75, 3.05) is 5.88 Å². The summed E-state index contributed by atoms with van der Waals surface area (Å²) in [5, 5.41) is -0.914. The minimum Gasteiger partial charge on any atom is -0.298 e. The SMILES string of the molecule is Cc1ccc(S(=O)(=O)C(CC(=O)CCl)c2ccccc2)cc1. The van der Waals surface area contributed by atoms with Gasteiger partial charge in [0.2, 0.25) is 0 Å². The van der Waals surface area contributed by atoms with Crippen LogP contribution in [0.2, 0.25) is 0 Å². The molecular formula is C17H17ClO3S. The second-order valence-corrected chi connectivity index (χ2v) is 7.53. The van der Waals surface area contributed by atoms with Crippen molar-refractivity contribution in [1.29, 1.82) is 0 Å². The molecule has 1 atom stereocenters. The first-order chi connectivity index (χ1) is 10.4. The van der Waals surface area contributed by atoms with Gasteiger partial charge in [-0.3, -0.25) is 4.79 Å². The van der Waals surface area contributed by atoms with E-state index in [1.54, 1.807) is 48.5 Å². The number of Topliss-reactive ketones (excluding diaryl/α,β-unsaturated/α-hetero) is 1. The second-order valence-electron chi connectivity index (χ2n) is 5.13. The van der Waals surface area contributed by atoms with E-state index in [0.29, 0.717) is 5.56 Å². The van der Waals surface area contributed by atoms with Crippen LogP contribution < -0.4 is 0 Å². The van der Waals surface area contributed by atoms with Gasteiger partial charge in [0, 0.05) is 6.42 Å². The van der Waals surface area contributed by atoms with Gasteiger partial charge in [-0.25, -0.2) is 8.42 Å². The van der Waals surface area contributed by atoms with Crippen LogP contribution in [0.5, 0.6) is 0 Å². The molecule has 3 nitrogen and oxygen atoms in total. The Balaban J connectivity index is 2.47. The molecule has 22 heavy (non-hydrogen) atoms. The zero-order valence-corrected chi connectivity index (χ0v) is 13.8. The predicted molar refractivity (Wildman–Crippen MR) is 87.9 cm³/mol. The van der Waals surface area contributed by atoms with E-state index in [0.717, 1.165) is 5.56 Å². The minimum atomic E-state index is -3.66. The molecule has 1 unspecified atom stereocenters. The second kappa shape index (κ2) is 7.07. The molecular weight excluding hydrogens is 320 g/mol. The van der Waals surface area contributed by atoms with E-state index in [4.69, 9.17) is 11.6 Å². The maximum atomic E-state index is 12.9. The van der Waals surface area contributed by atoms with Gasteiger partial charge in [-0.05, 0) is 24.6 Å². The summed E-state index contributed by atoms with van der Waals surface area (Å²) in [5.74, 6) is -0.474. The Morgan fingerprint density at radius 1 is 1.05 bits per heavy atom. The van der Waals surface area contributed by atoms with Gasteiger partial charge < -0.3 is 0 Å². The van der Waals surface area contributed by atoms with Crippen LogP contribution in [0.15, 0.2) is 59.5 Å². The predicted octanol–water partition coefficient (Wildman–Crippen LogP) is 3.71. The molecule has 5 heteroatoms. The minimum absolute atomic E-state index is 0.121. The molecule has 0 amide bonds. The van der Waals surface area contributed by atoms with E-state index < -0.39 is 15.1 Å². The molecule has 0 saturated carbocycles. The van der Waals surface area contributed by atoms with E-state index in [2.05, 4.69) is 0 Å². The molecule has 0 N–H and O–H groups in total. The number of rotatable bonds is 6. The number of alkyl halides is 1. The number of halogens is 1. The highest BCUT2D eigenvalue weighted by Crippen LogP contribution is 2.32. The highest BCUT2D eigenvalue weighted by Gasteiger charge is 2.30. The quantitative estimate of drug-likeness (QED) is 0.756. The Morgan fingerprint density at radius 3 is 2.18 bits per heavy atom. The summed E-state index contributed by atoms with van der Waals surface area (Å²) >= 11 is 5.56. The van der Waals surface area contributed by atoms with Crippen molar-refractivity contribution in [1.82, 2.24) is 0 Å². The topological polar surface area (TPSA) is 51.2 Å². The number of benzene rings is 2. The fraction of sp³-hybridized carbons (Fsp3) is 0.235. The molecule has 116 valence electrons. The Morgan fingerprint density at radius 2 is 1.64 bits per heavy atom. The van der Waals surface area contributed by atoms with Crippen molar-refractivity contribution in [2.45, 2.75) is 23.5 Å². The summed E-state index contributed by atoms with van der Waals surface area (Å²) in [7, 11) is -3.66. The van der Waals surface area contributed by atoms with Gasteiger partial charge in [-0.1, -0.05) is 48.0 Å². The Bertz CT molecular complexity index is 737. The summed E-state index contributed by atoms with van der Waals surface area (Å²) in [6.45, 7) is 1.89. The summed E-state index contributed by atoms with van der Waals surface area (Å²) in [4.78, 5) is 11.9. The molecule has 0 aromatic heterocycles. The van der Waals surface area contributed by atoms with Crippen molar-refractivity contribution in [3.05, 3.63) is 65.7 Å². The largest absolute Gasteiger partial charge is 0.298 e. The lowest BCUT2D eigenvalue weighted by Gasteiger charge is -2.17. The number of ketones is 1. The third-order valence-corrected chi connectivity index (χ3v) is 5.87. The molecule has 0 saturated heterocycles. The maximum Gasteiger partial charge on any atom is 0.185 e. The molecule has 2 aromatic rings. The van der Waals surface area contributed by atoms with Crippen LogP contribution in [0.1, 0.15) is 22.8 Å². The highest BCUT2D eigenvalue weighted by molar-refractivity contribution is 7.91. The standard InChI is InChI=1S/C17H17ClO3S/c1-13-7-9-16(10-8-13)22(20,21)17(11-15(19)12-18)14-5-3-2-4-6-14/h2-10,17H,11-12H2,1H3. The van der Waals surface area contributed by atoms with E-state index in [-0.39, 0.29) is 23.0 Å². The van der Waals surface area contributed by atoms with Crippen molar-refractivity contribution in [3.8, 4) is 0 Å². The first kappa shape index (κ1) is 16.7. The van der Waals surface area contributed by atoms with Crippen molar-refractivity contribution in [3.63, 3.8) is 0 Å². The number of sulfone groups is 1. The molecule has 0 aliphatic rings. The highest BCUT2D eigenvalue weighted by atomic mass is 35.5. The number of hydrogen-bond acceptors (Lipinski definition) is 3. The van der Waals surface area contributed by atoms with Gasteiger partial charge >= 0.3 is 0 Å². The normalized spacial score (nSPS) is 12.8. The molecule has 0 spiro atoms. The third-order valence-electron chi connectivity index (χ3n) is 3.46. The smallest absolute Gasteiger partial charge is 0.185 e. The van der Waals surface area contributed by atoms with Gasteiger partial charge in [0.15, 0.2) is 9.84 Å².